The highest BCUT2D eigenvalue weighted by atomic mass is 32.2. The molecule has 0 aromatic heterocycles. The molecule has 8 nitrogen and oxygen atoms in total. The van der Waals surface area contributed by atoms with Gasteiger partial charge in [-0.2, -0.15) is 0 Å². The third-order valence-electron chi connectivity index (χ3n) is 2.85. The Morgan fingerprint density at radius 2 is 1.86 bits per heavy atom. The van der Waals surface area contributed by atoms with Gasteiger partial charge in [0.25, 0.3) is 5.69 Å². The zero-order chi connectivity index (χ0) is 16.4. The number of anilines is 1. The summed E-state index contributed by atoms with van der Waals surface area (Å²) in [7, 11) is 1.16. The lowest BCUT2D eigenvalue weighted by Gasteiger charge is -2.21. The minimum atomic E-state index is -3.54. The van der Waals surface area contributed by atoms with Gasteiger partial charge in [-0.05, 0) is 12.1 Å². The molecule has 9 heteroatoms. The number of hydrogen-bond acceptors (Lipinski definition) is 6. The number of nitro groups is 1. The maximum atomic E-state index is 11.7. The molecule has 0 fully saturated rings. The van der Waals surface area contributed by atoms with E-state index >= 15 is 0 Å². The molecule has 116 valence electrons. The Hall–Kier alpha value is -2.16. The van der Waals surface area contributed by atoms with Crippen LogP contribution in [0.1, 0.15) is 0 Å². The van der Waals surface area contributed by atoms with Crippen molar-refractivity contribution in [2.24, 2.45) is 0 Å². The summed E-state index contributed by atoms with van der Waals surface area (Å²) in [4.78, 5) is 24.7. The Bertz CT molecular complexity index is 669. The largest absolute Gasteiger partial charge is 0.360 e. The summed E-state index contributed by atoms with van der Waals surface area (Å²) in [6.07, 6.45) is 0.977. The molecule has 0 saturated carbocycles. The third kappa shape index (κ3) is 4.15. The van der Waals surface area contributed by atoms with Gasteiger partial charge in [-0.1, -0.05) is 0 Å². The van der Waals surface area contributed by atoms with E-state index in [1.54, 1.807) is 14.1 Å². The zero-order valence-corrected chi connectivity index (χ0v) is 13.0. The lowest BCUT2D eigenvalue weighted by molar-refractivity contribution is -0.384. The Morgan fingerprint density at radius 1 is 1.29 bits per heavy atom. The number of nitro benzene ring substituents is 1. The number of nitrogens with zero attached hydrogens (tertiary/aromatic N) is 3. The van der Waals surface area contributed by atoms with Crippen LogP contribution in [0.5, 0.6) is 0 Å². The molecule has 0 spiro atoms. The van der Waals surface area contributed by atoms with Gasteiger partial charge in [-0.25, -0.2) is 8.42 Å². The van der Waals surface area contributed by atoms with Crippen LogP contribution in [0.25, 0.3) is 0 Å². The minimum Gasteiger partial charge on any atom is -0.360 e. The summed E-state index contributed by atoms with van der Waals surface area (Å²) >= 11 is 0. The summed E-state index contributed by atoms with van der Waals surface area (Å²) in [6, 6.07) is 3.62. The summed E-state index contributed by atoms with van der Waals surface area (Å²) in [5, 5.41) is 11.1. The molecular formula is C12H17N3O5S. The Balaban J connectivity index is 3.24. The fraction of sp³-hybridized carbons (Fsp3) is 0.417. The van der Waals surface area contributed by atoms with Crippen molar-refractivity contribution in [2.45, 2.75) is 4.90 Å². The highest BCUT2D eigenvalue weighted by molar-refractivity contribution is 7.90. The number of sulfone groups is 1. The summed E-state index contributed by atoms with van der Waals surface area (Å²) in [5.41, 5.74) is -0.172. The Morgan fingerprint density at radius 3 is 2.29 bits per heavy atom. The van der Waals surface area contributed by atoms with Crippen LogP contribution in [0.3, 0.4) is 0 Å². The van der Waals surface area contributed by atoms with Gasteiger partial charge in [0.2, 0.25) is 5.91 Å². The number of amides is 1. The van der Waals surface area contributed by atoms with Crippen LogP contribution < -0.4 is 4.90 Å². The topological polar surface area (TPSA) is 101 Å². The van der Waals surface area contributed by atoms with Crippen LogP contribution in [0, 0.1) is 10.1 Å². The molecule has 1 amide bonds. The van der Waals surface area contributed by atoms with E-state index in [1.165, 1.54) is 29.0 Å². The standard InChI is InChI=1S/C12H17N3O5S/c1-13(2)12(16)8-14(3)10-6-5-9(21(4,19)20)7-11(10)15(17)18/h5-7H,8H2,1-4H3. The molecule has 0 atom stereocenters. The van der Waals surface area contributed by atoms with E-state index in [0.29, 0.717) is 0 Å². The number of carbonyl (C=O) groups is 1. The first-order chi connectivity index (χ1) is 9.54. The second-order valence-electron chi connectivity index (χ2n) is 4.82. The number of likely N-dealkylation sites (N-methyl/N-ethyl adjacent to an activating group) is 2. The van der Waals surface area contributed by atoms with Crippen molar-refractivity contribution >= 4 is 27.1 Å². The highest BCUT2D eigenvalue weighted by Gasteiger charge is 2.22. The third-order valence-corrected chi connectivity index (χ3v) is 3.96. The van der Waals surface area contributed by atoms with Gasteiger partial charge in [0.05, 0.1) is 16.4 Å². The van der Waals surface area contributed by atoms with Crippen LogP contribution in [0.4, 0.5) is 11.4 Å². The number of carbonyl (C=O) groups excluding carboxylic acids is 1. The fourth-order valence-corrected chi connectivity index (χ4v) is 2.27. The number of rotatable bonds is 5. The summed E-state index contributed by atoms with van der Waals surface area (Å²) in [5.74, 6) is -0.223. The predicted octanol–water partition coefficient (Wildman–Crippen LogP) is 0.523. The lowest BCUT2D eigenvalue weighted by Crippen LogP contribution is -2.34. The molecule has 1 rings (SSSR count). The van der Waals surface area contributed by atoms with E-state index in [0.717, 1.165) is 12.3 Å². The Kier molecular flexibility index (Phi) is 4.89. The average molecular weight is 315 g/mol. The molecule has 0 heterocycles. The second-order valence-corrected chi connectivity index (χ2v) is 6.84. The molecular weight excluding hydrogens is 298 g/mol. The van der Waals surface area contributed by atoms with Gasteiger partial charge in [0, 0.05) is 33.5 Å². The molecule has 0 N–H and O–H groups in total. The Labute approximate surface area is 123 Å². The fourth-order valence-electron chi connectivity index (χ4n) is 1.63. The van der Waals surface area contributed by atoms with Crippen LogP contribution in [-0.4, -0.2) is 58.1 Å². The maximum Gasteiger partial charge on any atom is 0.293 e. The van der Waals surface area contributed by atoms with Crippen molar-refractivity contribution in [3.8, 4) is 0 Å². The van der Waals surface area contributed by atoms with Crippen LogP contribution >= 0.6 is 0 Å². The second kappa shape index (κ2) is 6.08. The van der Waals surface area contributed by atoms with E-state index < -0.39 is 14.8 Å². The van der Waals surface area contributed by atoms with Crippen LogP contribution in [-0.2, 0) is 14.6 Å². The van der Waals surface area contributed by atoms with Gasteiger partial charge >= 0.3 is 0 Å². The molecule has 1 aromatic carbocycles. The molecule has 1 aromatic rings. The van der Waals surface area contributed by atoms with Gasteiger partial charge < -0.3 is 9.80 Å². The first-order valence-corrected chi connectivity index (χ1v) is 7.83. The molecule has 0 aliphatic rings. The molecule has 0 aliphatic carbocycles. The van der Waals surface area contributed by atoms with E-state index in [-0.39, 0.29) is 28.7 Å². The van der Waals surface area contributed by atoms with Gasteiger partial charge in [0.15, 0.2) is 9.84 Å². The van der Waals surface area contributed by atoms with Gasteiger partial charge in [-0.15, -0.1) is 0 Å². The van der Waals surface area contributed by atoms with Crippen LogP contribution in [0.2, 0.25) is 0 Å². The number of hydrogen-bond donors (Lipinski definition) is 0. The van der Waals surface area contributed by atoms with Gasteiger partial charge in [-0.3, -0.25) is 14.9 Å². The molecule has 0 unspecified atom stereocenters. The SMILES string of the molecule is CN(C)C(=O)CN(C)c1ccc(S(C)(=O)=O)cc1[N+](=O)[O-]. The molecule has 0 bridgehead atoms. The molecule has 0 aliphatic heterocycles. The van der Waals surface area contributed by atoms with Crippen molar-refractivity contribution in [3.05, 3.63) is 28.3 Å². The quantitative estimate of drug-likeness (QED) is 0.580. The first-order valence-electron chi connectivity index (χ1n) is 5.94. The van der Waals surface area contributed by atoms with Crippen molar-refractivity contribution in [3.63, 3.8) is 0 Å². The smallest absolute Gasteiger partial charge is 0.293 e. The van der Waals surface area contributed by atoms with Crippen LogP contribution in [0.15, 0.2) is 23.1 Å². The van der Waals surface area contributed by atoms with Crippen molar-refractivity contribution in [1.82, 2.24) is 4.90 Å². The first kappa shape index (κ1) is 16.9. The lowest BCUT2D eigenvalue weighted by atomic mass is 10.2. The summed E-state index contributed by atoms with van der Waals surface area (Å²) in [6.45, 7) is -0.0495. The van der Waals surface area contributed by atoms with Crippen molar-refractivity contribution < 1.29 is 18.1 Å². The zero-order valence-electron chi connectivity index (χ0n) is 12.2. The van der Waals surface area contributed by atoms with E-state index in [4.69, 9.17) is 0 Å². The minimum absolute atomic E-state index is 0.0495. The normalized spacial score (nSPS) is 11.0. The number of benzene rings is 1. The molecule has 21 heavy (non-hydrogen) atoms. The van der Waals surface area contributed by atoms with Gasteiger partial charge in [0.1, 0.15) is 5.69 Å². The van der Waals surface area contributed by atoms with Crippen molar-refractivity contribution in [2.75, 3.05) is 38.8 Å². The molecule has 0 radical (unpaired) electrons. The van der Waals surface area contributed by atoms with E-state index in [9.17, 15) is 23.3 Å². The average Bonchev–Trinajstić information content (AvgIpc) is 2.36. The van der Waals surface area contributed by atoms with E-state index in [2.05, 4.69) is 0 Å². The molecule has 0 saturated heterocycles. The maximum absolute atomic E-state index is 11.7. The van der Waals surface area contributed by atoms with Crippen molar-refractivity contribution in [1.29, 1.82) is 0 Å². The van der Waals surface area contributed by atoms with E-state index in [1.807, 2.05) is 0 Å². The highest BCUT2D eigenvalue weighted by Crippen LogP contribution is 2.30. The monoisotopic (exact) mass is 315 g/mol. The predicted molar refractivity (Wildman–Crippen MR) is 78.2 cm³/mol. The summed E-state index contributed by atoms with van der Waals surface area (Å²) < 4.78 is 22.9.